The van der Waals surface area contributed by atoms with Crippen molar-refractivity contribution in [1.82, 2.24) is 10.6 Å². The van der Waals surface area contributed by atoms with E-state index in [2.05, 4.69) is 21.7 Å². The first-order valence-corrected chi connectivity index (χ1v) is 8.87. The number of guanidine groups is 1. The fraction of sp³-hybridized carbons (Fsp3) is 0.286. The van der Waals surface area contributed by atoms with Gasteiger partial charge in [-0.1, -0.05) is 30.3 Å². The van der Waals surface area contributed by atoms with Gasteiger partial charge in [-0.15, -0.1) is 4.99 Å². The quantitative estimate of drug-likeness (QED) is 0.431. The van der Waals surface area contributed by atoms with Gasteiger partial charge >= 0.3 is 0 Å². The Morgan fingerprint density at radius 1 is 1.21 bits per heavy atom. The van der Waals surface area contributed by atoms with Crippen LogP contribution in [0, 0.1) is 22.8 Å². The summed E-state index contributed by atoms with van der Waals surface area (Å²) in [5.74, 6) is 0.813. The number of hydrogen-bond acceptors (Lipinski definition) is 5. The highest BCUT2D eigenvalue weighted by atomic mass is 16.5. The van der Waals surface area contributed by atoms with Gasteiger partial charge in [0.2, 0.25) is 12.2 Å². The lowest BCUT2D eigenvalue weighted by molar-refractivity contribution is -0.0612. The van der Waals surface area contributed by atoms with Gasteiger partial charge in [0, 0.05) is 12.1 Å². The van der Waals surface area contributed by atoms with Gasteiger partial charge < -0.3 is 20.5 Å². The molecule has 0 spiro atoms. The molecule has 2 aromatic carbocycles. The summed E-state index contributed by atoms with van der Waals surface area (Å²) in [5.41, 5.74) is 1.25. The number of hydrogen-bond donors (Lipinski definition) is 3. The lowest BCUT2D eigenvalue weighted by Crippen LogP contribution is -2.55. The van der Waals surface area contributed by atoms with E-state index in [9.17, 15) is 10.4 Å². The maximum absolute atomic E-state index is 10.9. The molecule has 0 radical (unpaired) electrons. The summed E-state index contributed by atoms with van der Waals surface area (Å²) >= 11 is 0. The zero-order valence-electron chi connectivity index (χ0n) is 15.7. The third-order valence-corrected chi connectivity index (χ3v) is 4.63. The molecule has 0 bridgehead atoms. The number of aliphatic imine (C=N–C) groups is 1. The zero-order valence-corrected chi connectivity index (χ0v) is 15.7. The number of aliphatic hydroxyl groups excluding tert-OH is 1. The molecule has 0 fully saturated rings. The molecule has 142 valence electrons. The molecule has 1 aliphatic rings. The highest BCUT2D eigenvalue weighted by Crippen LogP contribution is 2.40. The van der Waals surface area contributed by atoms with Crippen molar-refractivity contribution in [2.45, 2.75) is 38.1 Å². The average molecular weight is 375 g/mol. The molecule has 7 heteroatoms. The van der Waals surface area contributed by atoms with Crippen LogP contribution in [0.25, 0.3) is 0 Å². The summed E-state index contributed by atoms with van der Waals surface area (Å²) in [5, 5.41) is 35.4. The Balaban J connectivity index is 1.88. The number of nitrogens with zero attached hydrogens (tertiary/aromatic N) is 3. The van der Waals surface area contributed by atoms with Crippen LogP contribution in [0.5, 0.6) is 5.75 Å². The van der Waals surface area contributed by atoms with Crippen LogP contribution in [0.15, 0.2) is 53.5 Å². The van der Waals surface area contributed by atoms with Crippen molar-refractivity contribution in [3.63, 3.8) is 0 Å². The van der Waals surface area contributed by atoms with E-state index in [0.29, 0.717) is 23.4 Å². The van der Waals surface area contributed by atoms with Gasteiger partial charge in [-0.3, -0.25) is 0 Å². The second kappa shape index (κ2) is 7.99. The molecule has 28 heavy (non-hydrogen) atoms. The summed E-state index contributed by atoms with van der Waals surface area (Å²) in [4.78, 5) is 3.81. The van der Waals surface area contributed by atoms with Gasteiger partial charge in [0.1, 0.15) is 17.5 Å². The second-order valence-corrected chi connectivity index (χ2v) is 7.04. The minimum Gasteiger partial charge on any atom is -0.485 e. The highest BCUT2D eigenvalue weighted by Gasteiger charge is 2.43. The molecule has 2 atom stereocenters. The summed E-state index contributed by atoms with van der Waals surface area (Å²) in [6.45, 7) is 4.03. The average Bonchev–Trinajstić information content (AvgIpc) is 2.70. The molecule has 1 heterocycles. The number of nitrogens with one attached hydrogen (secondary N) is 2. The van der Waals surface area contributed by atoms with Crippen LogP contribution in [-0.4, -0.2) is 22.8 Å². The zero-order chi connectivity index (χ0) is 20.1. The van der Waals surface area contributed by atoms with Gasteiger partial charge in [-0.2, -0.15) is 10.5 Å². The number of benzene rings is 2. The van der Waals surface area contributed by atoms with Crippen molar-refractivity contribution in [2.75, 3.05) is 0 Å². The van der Waals surface area contributed by atoms with Crippen LogP contribution in [-0.2, 0) is 6.54 Å². The van der Waals surface area contributed by atoms with E-state index in [1.165, 1.54) is 0 Å². The van der Waals surface area contributed by atoms with E-state index in [-0.39, 0.29) is 5.96 Å². The molecule has 0 saturated heterocycles. The van der Waals surface area contributed by atoms with Crippen LogP contribution in [0.1, 0.15) is 36.6 Å². The Morgan fingerprint density at radius 2 is 1.96 bits per heavy atom. The van der Waals surface area contributed by atoms with E-state index in [0.717, 1.165) is 5.56 Å². The Hall–Kier alpha value is -3.55. The lowest BCUT2D eigenvalue weighted by Gasteiger charge is -2.42. The smallest absolute Gasteiger partial charge is 0.209 e. The van der Waals surface area contributed by atoms with Crippen molar-refractivity contribution in [3.05, 3.63) is 65.2 Å². The highest BCUT2D eigenvalue weighted by molar-refractivity contribution is 5.81. The Labute approximate surface area is 163 Å². The minimum absolute atomic E-state index is 0.237. The molecule has 7 nitrogen and oxygen atoms in total. The van der Waals surface area contributed by atoms with Crippen LogP contribution in [0.3, 0.4) is 0 Å². The number of nitriles is 2. The molecule has 0 unspecified atom stereocenters. The van der Waals surface area contributed by atoms with E-state index in [4.69, 9.17) is 10.00 Å². The Kier molecular flexibility index (Phi) is 5.49. The number of ether oxygens (including phenoxy) is 1. The molecule has 0 saturated carbocycles. The predicted octanol–water partition coefficient (Wildman–Crippen LogP) is 2.35. The van der Waals surface area contributed by atoms with E-state index in [1.807, 2.05) is 30.3 Å². The normalized spacial score (nSPS) is 20.1. The van der Waals surface area contributed by atoms with E-state index >= 15 is 0 Å². The molecule has 3 rings (SSSR count). The van der Waals surface area contributed by atoms with Crippen LogP contribution in [0.2, 0.25) is 0 Å². The molecule has 0 aromatic heterocycles. The van der Waals surface area contributed by atoms with E-state index < -0.39 is 17.7 Å². The first-order valence-electron chi connectivity index (χ1n) is 8.87. The lowest BCUT2D eigenvalue weighted by atomic mass is 9.86. The SMILES string of the molecule is CC1(C)Oc2ccc(C#N)cc2[C@H](NC(=NC#N)NCc2ccccc2)[C@H]1O. The summed E-state index contributed by atoms with van der Waals surface area (Å²) in [6.07, 6.45) is 0.840. The van der Waals surface area contributed by atoms with Gasteiger partial charge in [-0.25, -0.2) is 0 Å². The fourth-order valence-electron chi connectivity index (χ4n) is 3.13. The fourth-order valence-corrected chi connectivity index (χ4v) is 3.13. The van der Waals surface area contributed by atoms with Crippen molar-refractivity contribution < 1.29 is 9.84 Å². The molecule has 0 amide bonds. The Bertz CT molecular complexity index is 957. The van der Waals surface area contributed by atoms with E-state index in [1.54, 1.807) is 38.2 Å². The van der Waals surface area contributed by atoms with Crippen LogP contribution >= 0.6 is 0 Å². The molecule has 1 aliphatic heterocycles. The van der Waals surface area contributed by atoms with Gasteiger partial charge in [0.15, 0.2) is 0 Å². The monoisotopic (exact) mass is 375 g/mol. The van der Waals surface area contributed by atoms with Gasteiger partial charge in [-0.05, 0) is 37.6 Å². The second-order valence-electron chi connectivity index (χ2n) is 7.04. The number of rotatable bonds is 3. The third-order valence-electron chi connectivity index (χ3n) is 4.63. The van der Waals surface area contributed by atoms with Crippen molar-refractivity contribution in [1.29, 1.82) is 10.5 Å². The first-order chi connectivity index (χ1) is 13.4. The standard InChI is InChI=1S/C21H21N5O2/c1-21(2)19(27)18(16-10-15(11-22)8-9-17(16)28-21)26-20(25-13-23)24-12-14-6-4-3-5-7-14/h3-10,18-19,27H,12H2,1-2H3,(H2,24,25,26)/t18-,19+/m0/s1. The van der Waals surface area contributed by atoms with Crippen molar-refractivity contribution in [3.8, 4) is 18.0 Å². The van der Waals surface area contributed by atoms with Crippen LogP contribution < -0.4 is 15.4 Å². The minimum atomic E-state index is -0.934. The molecular weight excluding hydrogens is 354 g/mol. The molecule has 0 aliphatic carbocycles. The summed E-state index contributed by atoms with van der Waals surface area (Å²) < 4.78 is 5.91. The Morgan fingerprint density at radius 3 is 2.64 bits per heavy atom. The third kappa shape index (κ3) is 4.06. The predicted molar refractivity (Wildman–Crippen MR) is 104 cm³/mol. The van der Waals surface area contributed by atoms with Gasteiger partial charge in [0.05, 0.1) is 17.7 Å². The van der Waals surface area contributed by atoms with Crippen molar-refractivity contribution in [2.24, 2.45) is 4.99 Å². The number of fused-ring (bicyclic) bond motifs is 1. The van der Waals surface area contributed by atoms with Crippen molar-refractivity contribution >= 4 is 5.96 Å². The maximum Gasteiger partial charge on any atom is 0.209 e. The summed E-state index contributed by atoms with van der Waals surface area (Å²) in [6, 6.07) is 16.2. The maximum atomic E-state index is 10.9. The topological polar surface area (TPSA) is 113 Å². The summed E-state index contributed by atoms with van der Waals surface area (Å²) in [7, 11) is 0. The molecular formula is C21H21N5O2. The molecule has 2 aromatic rings. The first kappa shape index (κ1) is 19.2. The molecule has 3 N–H and O–H groups in total. The number of aliphatic hydroxyl groups is 1. The largest absolute Gasteiger partial charge is 0.485 e. The van der Waals surface area contributed by atoms with Crippen LogP contribution in [0.4, 0.5) is 0 Å². The van der Waals surface area contributed by atoms with Gasteiger partial charge in [0.25, 0.3) is 0 Å².